The Hall–Kier alpha value is -3.65. The molecule has 0 aliphatic carbocycles. The summed E-state index contributed by atoms with van der Waals surface area (Å²) < 4.78 is 7.56. The van der Waals surface area contributed by atoms with Gasteiger partial charge in [-0.15, -0.1) is 10.2 Å². The zero-order valence-electron chi connectivity index (χ0n) is 17.9. The Labute approximate surface area is 190 Å². The SMILES string of the molecule is CCOc1ccccc1NC(=O)CSc1nnc(-c2cccnc2)n1-c1ccccc1C. The van der Waals surface area contributed by atoms with Gasteiger partial charge in [-0.3, -0.25) is 14.3 Å². The number of nitrogens with zero attached hydrogens (tertiary/aromatic N) is 4. The van der Waals surface area contributed by atoms with Crippen molar-refractivity contribution in [1.29, 1.82) is 0 Å². The van der Waals surface area contributed by atoms with Crippen molar-refractivity contribution in [3.8, 4) is 22.8 Å². The maximum absolute atomic E-state index is 12.7. The third kappa shape index (κ3) is 4.81. The number of thioether (sulfide) groups is 1. The Bertz CT molecular complexity index is 1210. The molecule has 0 saturated heterocycles. The van der Waals surface area contributed by atoms with Crippen LogP contribution in [0.1, 0.15) is 12.5 Å². The number of anilines is 1. The summed E-state index contributed by atoms with van der Waals surface area (Å²) in [4.78, 5) is 16.9. The highest BCUT2D eigenvalue weighted by molar-refractivity contribution is 7.99. The lowest BCUT2D eigenvalue weighted by Gasteiger charge is -2.13. The van der Waals surface area contributed by atoms with E-state index in [-0.39, 0.29) is 11.7 Å². The van der Waals surface area contributed by atoms with Crippen molar-refractivity contribution in [3.05, 3.63) is 78.6 Å². The quantitative estimate of drug-likeness (QED) is 0.394. The third-order valence-electron chi connectivity index (χ3n) is 4.70. The number of nitrogens with one attached hydrogen (secondary N) is 1. The number of ether oxygens (including phenoxy) is 1. The van der Waals surface area contributed by atoms with Gasteiger partial charge in [0.15, 0.2) is 11.0 Å². The molecule has 2 aromatic carbocycles. The number of para-hydroxylation sites is 3. The highest BCUT2D eigenvalue weighted by atomic mass is 32.2. The Kier molecular flexibility index (Phi) is 6.81. The van der Waals surface area contributed by atoms with Gasteiger partial charge in [-0.2, -0.15) is 0 Å². The number of hydrogen-bond donors (Lipinski definition) is 1. The van der Waals surface area contributed by atoms with Crippen LogP contribution in [-0.2, 0) is 4.79 Å². The van der Waals surface area contributed by atoms with Crippen LogP contribution in [-0.4, -0.2) is 38.0 Å². The standard InChI is InChI=1S/C24H23N5O2S/c1-3-31-21-13-7-5-11-19(21)26-22(30)16-32-24-28-27-23(18-10-8-14-25-15-18)29(24)20-12-6-4-9-17(20)2/h4-15H,3,16H2,1-2H3,(H,26,30). The van der Waals surface area contributed by atoms with E-state index in [9.17, 15) is 4.79 Å². The van der Waals surface area contributed by atoms with Crippen molar-refractivity contribution in [2.24, 2.45) is 0 Å². The van der Waals surface area contributed by atoms with Gasteiger partial charge in [0.05, 0.1) is 23.7 Å². The molecule has 0 bridgehead atoms. The Balaban J connectivity index is 1.59. The highest BCUT2D eigenvalue weighted by Crippen LogP contribution is 2.29. The second-order valence-electron chi connectivity index (χ2n) is 6.94. The van der Waals surface area contributed by atoms with Crippen molar-refractivity contribution >= 4 is 23.4 Å². The fourth-order valence-electron chi connectivity index (χ4n) is 3.24. The topological polar surface area (TPSA) is 81.9 Å². The fourth-order valence-corrected chi connectivity index (χ4v) is 3.99. The van der Waals surface area contributed by atoms with Gasteiger partial charge in [0.25, 0.3) is 0 Å². The van der Waals surface area contributed by atoms with Crippen LogP contribution < -0.4 is 10.1 Å². The molecule has 0 fully saturated rings. The molecule has 4 rings (SSSR count). The number of pyridine rings is 1. The average Bonchev–Trinajstić information content (AvgIpc) is 3.24. The molecule has 4 aromatic rings. The van der Waals surface area contributed by atoms with Crippen LogP contribution in [0.5, 0.6) is 5.75 Å². The average molecular weight is 446 g/mol. The third-order valence-corrected chi connectivity index (χ3v) is 5.63. The maximum Gasteiger partial charge on any atom is 0.234 e. The van der Waals surface area contributed by atoms with Gasteiger partial charge < -0.3 is 10.1 Å². The van der Waals surface area contributed by atoms with E-state index in [1.165, 1.54) is 11.8 Å². The van der Waals surface area contributed by atoms with Gasteiger partial charge in [0, 0.05) is 18.0 Å². The molecule has 7 nitrogen and oxygen atoms in total. The summed E-state index contributed by atoms with van der Waals surface area (Å²) in [7, 11) is 0. The first-order valence-corrected chi connectivity index (χ1v) is 11.2. The van der Waals surface area contributed by atoms with Crippen molar-refractivity contribution < 1.29 is 9.53 Å². The fraction of sp³-hybridized carbons (Fsp3) is 0.167. The summed E-state index contributed by atoms with van der Waals surface area (Å²) in [5.41, 5.74) is 3.54. The monoisotopic (exact) mass is 445 g/mol. The number of carbonyl (C=O) groups excluding carboxylic acids is 1. The van der Waals surface area contributed by atoms with E-state index in [4.69, 9.17) is 4.74 Å². The normalized spacial score (nSPS) is 10.7. The van der Waals surface area contributed by atoms with Crippen molar-refractivity contribution in [3.63, 3.8) is 0 Å². The predicted molar refractivity (Wildman–Crippen MR) is 126 cm³/mol. The van der Waals surface area contributed by atoms with E-state index in [2.05, 4.69) is 20.5 Å². The highest BCUT2D eigenvalue weighted by Gasteiger charge is 2.19. The smallest absolute Gasteiger partial charge is 0.234 e. The number of carbonyl (C=O) groups is 1. The van der Waals surface area contributed by atoms with E-state index in [0.717, 1.165) is 16.8 Å². The molecule has 8 heteroatoms. The van der Waals surface area contributed by atoms with Gasteiger partial charge in [0.1, 0.15) is 5.75 Å². The van der Waals surface area contributed by atoms with Gasteiger partial charge >= 0.3 is 0 Å². The van der Waals surface area contributed by atoms with Crippen LogP contribution in [0.2, 0.25) is 0 Å². The molecule has 162 valence electrons. The number of aryl methyl sites for hydroxylation is 1. The molecule has 0 saturated carbocycles. The molecule has 0 spiro atoms. The summed E-state index contributed by atoms with van der Waals surface area (Å²) in [5.74, 6) is 1.36. The van der Waals surface area contributed by atoms with E-state index < -0.39 is 0 Å². The Morgan fingerprint density at radius 2 is 1.88 bits per heavy atom. The van der Waals surface area contributed by atoms with Gasteiger partial charge in [-0.1, -0.05) is 42.1 Å². The molecule has 32 heavy (non-hydrogen) atoms. The van der Waals surface area contributed by atoms with Crippen molar-refractivity contribution in [1.82, 2.24) is 19.7 Å². The minimum atomic E-state index is -0.149. The minimum Gasteiger partial charge on any atom is -0.492 e. The molecule has 0 radical (unpaired) electrons. The molecule has 0 atom stereocenters. The molecular weight excluding hydrogens is 422 g/mol. The van der Waals surface area contributed by atoms with Crippen LogP contribution in [0.25, 0.3) is 17.1 Å². The van der Waals surface area contributed by atoms with E-state index >= 15 is 0 Å². The zero-order chi connectivity index (χ0) is 22.3. The first-order chi connectivity index (χ1) is 15.7. The van der Waals surface area contributed by atoms with Gasteiger partial charge in [-0.25, -0.2) is 0 Å². The maximum atomic E-state index is 12.7. The molecule has 1 amide bonds. The van der Waals surface area contributed by atoms with Crippen LogP contribution in [0.3, 0.4) is 0 Å². The summed E-state index contributed by atoms with van der Waals surface area (Å²) in [6.45, 7) is 4.47. The summed E-state index contributed by atoms with van der Waals surface area (Å²) in [6, 6.07) is 19.2. The van der Waals surface area contributed by atoms with Gasteiger partial charge in [-0.05, 0) is 49.7 Å². The second kappa shape index (κ2) is 10.1. The van der Waals surface area contributed by atoms with Crippen LogP contribution >= 0.6 is 11.8 Å². The number of benzene rings is 2. The molecule has 2 heterocycles. The first-order valence-electron chi connectivity index (χ1n) is 10.2. The van der Waals surface area contributed by atoms with Crippen LogP contribution in [0.15, 0.2) is 78.2 Å². The first kappa shape index (κ1) is 21.6. The predicted octanol–water partition coefficient (Wildman–Crippen LogP) is 4.77. The Morgan fingerprint density at radius 3 is 2.66 bits per heavy atom. The Morgan fingerprint density at radius 1 is 1.06 bits per heavy atom. The largest absolute Gasteiger partial charge is 0.492 e. The number of amides is 1. The lowest BCUT2D eigenvalue weighted by Crippen LogP contribution is -2.15. The van der Waals surface area contributed by atoms with Gasteiger partial charge in [0.2, 0.25) is 5.91 Å². The summed E-state index contributed by atoms with van der Waals surface area (Å²) in [6.07, 6.45) is 3.47. The lowest BCUT2D eigenvalue weighted by atomic mass is 10.2. The van der Waals surface area contributed by atoms with Crippen LogP contribution in [0.4, 0.5) is 5.69 Å². The second-order valence-corrected chi connectivity index (χ2v) is 7.88. The molecule has 0 aliphatic rings. The number of aromatic nitrogens is 4. The van der Waals surface area contributed by atoms with E-state index in [0.29, 0.717) is 29.0 Å². The molecule has 2 aromatic heterocycles. The van der Waals surface area contributed by atoms with E-state index in [1.54, 1.807) is 12.4 Å². The lowest BCUT2D eigenvalue weighted by molar-refractivity contribution is -0.113. The molecule has 0 unspecified atom stereocenters. The van der Waals surface area contributed by atoms with E-state index in [1.807, 2.05) is 79.1 Å². The number of hydrogen-bond acceptors (Lipinski definition) is 6. The van der Waals surface area contributed by atoms with Crippen molar-refractivity contribution in [2.45, 2.75) is 19.0 Å². The minimum absolute atomic E-state index is 0.149. The summed E-state index contributed by atoms with van der Waals surface area (Å²) in [5, 5.41) is 12.3. The number of rotatable bonds is 8. The molecular formula is C24H23N5O2S. The summed E-state index contributed by atoms with van der Waals surface area (Å²) >= 11 is 1.33. The molecule has 0 aliphatic heterocycles. The molecule has 1 N–H and O–H groups in total. The van der Waals surface area contributed by atoms with Crippen molar-refractivity contribution in [2.75, 3.05) is 17.7 Å². The zero-order valence-corrected chi connectivity index (χ0v) is 18.7. The van der Waals surface area contributed by atoms with Crippen LogP contribution in [0, 0.1) is 6.92 Å².